The molecule has 0 aliphatic carbocycles. The van der Waals surface area contributed by atoms with Crippen molar-refractivity contribution in [3.63, 3.8) is 0 Å². The minimum atomic E-state index is -0.599. The Morgan fingerprint density at radius 2 is 2.04 bits per heavy atom. The van der Waals surface area contributed by atoms with Crippen molar-refractivity contribution in [1.82, 2.24) is 15.2 Å². The summed E-state index contributed by atoms with van der Waals surface area (Å²) in [5.41, 5.74) is 2.64. The van der Waals surface area contributed by atoms with Crippen molar-refractivity contribution in [2.24, 2.45) is 0 Å². The fraction of sp³-hybridized carbons (Fsp3) is 0.211. The first kappa shape index (κ1) is 15.8. The smallest absolute Gasteiger partial charge is 0.231 e. The number of benzene rings is 1. The molecule has 3 aromatic rings. The Bertz CT molecular complexity index is 962. The van der Waals surface area contributed by atoms with Gasteiger partial charge in [0.05, 0.1) is 12.0 Å². The Hall–Kier alpha value is -2.73. The molecule has 1 saturated heterocycles. The number of thiophene rings is 1. The van der Waals surface area contributed by atoms with Crippen molar-refractivity contribution >= 4 is 33.3 Å². The van der Waals surface area contributed by atoms with Gasteiger partial charge in [-0.2, -0.15) is 0 Å². The van der Waals surface area contributed by atoms with Gasteiger partial charge in [0.15, 0.2) is 5.96 Å². The van der Waals surface area contributed by atoms with Gasteiger partial charge in [0.25, 0.3) is 0 Å². The zero-order valence-electron chi connectivity index (χ0n) is 14.0. The predicted molar refractivity (Wildman–Crippen MR) is 101 cm³/mol. The van der Waals surface area contributed by atoms with E-state index in [0.717, 1.165) is 22.1 Å². The number of nitrogens with zero attached hydrogens (tertiary/aromatic N) is 2. The third kappa shape index (κ3) is 2.59. The van der Waals surface area contributed by atoms with E-state index in [-0.39, 0.29) is 11.9 Å². The third-order valence-corrected chi connectivity index (χ3v) is 5.75. The summed E-state index contributed by atoms with van der Waals surface area (Å²) in [5, 5.41) is 14.5. The summed E-state index contributed by atoms with van der Waals surface area (Å²) >= 11 is 1.71. The Morgan fingerprint density at radius 3 is 2.76 bits per heavy atom. The highest BCUT2D eigenvalue weighted by atomic mass is 32.1. The van der Waals surface area contributed by atoms with E-state index in [1.807, 2.05) is 19.1 Å². The molecule has 1 aromatic carbocycles. The zero-order chi connectivity index (χ0) is 17.6. The average molecular weight is 350 g/mol. The van der Waals surface area contributed by atoms with Gasteiger partial charge < -0.3 is 5.32 Å². The highest BCUT2D eigenvalue weighted by molar-refractivity contribution is 7.17. The van der Waals surface area contributed by atoms with E-state index in [1.54, 1.807) is 30.8 Å². The number of nitrogens with one attached hydrogen (secondary N) is 2. The third-order valence-electron chi connectivity index (χ3n) is 4.79. The largest absolute Gasteiger partial charge is 0.346 e. The van der Waals surface area contributed by atoms with Crippen LogP contribution < -0.4 is 5.32 Å². The van der Waals surface area contributed by atoms with Gasteiger partial charge in [-0.1, -0.05) is 0 Å². The summed E-state index contributed by atoms with van der Waals surface area (Å²) in [6.07, 6.45) is 3.89. The van der Waals surface area contributed by atoms with Crippen molar-refractivity contribution in [3.05, 3.63) is 53.7 Å². The Morgan fingerprint density at radius 1 is 1.28 bits per heavy atom. The van der Waals surface area contributed by atoms with Crippen LogP contribution in [-0.2, 0) is 10.3 Å². The van der Waals surface area contributed by atoms with E-state index in [9.17, 15) is 4.79 Å². The molecule has 5 nitrogen and oxygen atoms in total. The molecule has 0 bridgehead atoms. The SMILES string of the molecule is CN1C(=N)N[C@](C)(c2cc(-c3ccncc3)c3sccc3c2)CC1=O. The standard InChI is InChI=1S/C19H18N4OS/c1-19(11-16(24)23(2)18(20)22-19)14-9-13-5-8-25-17(13)15(10-14)12-3-6-21-7-4-12/h3-10H,11H2,1-2H3,(H2,20,22)/t19-/m0/s1. The van der Waals surface area contributed by atoms with Gasteiger partial charge in [0.2, 0.25) is 5.91 Å². The molecule has 1 atom stereocenters. The fourth-order valence-corrected chi connectivity index (χ4v) is 4.17. The molecule has 25 heavy (non-hydrogen) atoms. The van der Waals surface area contributed by atoms with Crippen molar-refractivity contribution in [3.8, 4) is 11.1 Å². The molecule has 3 heterocycles. The monoisotopic (exact) mass is 350 g/mol. The number of rotatable bonds is 2. The molecule has 4 rings (SSSR count). The molecule has 0 saturated carbocycles. The van der Waals surface area contributed by atoms with E-state index < -0.39 is 5.54 Å². The van der Waals surface area contributed by atoms with Gasteiger partial charge in [-0.15, -0.1) is 11.3 Å². The summed E-state index contributed by atoms with van der Waals surface area (Å²) < 4.78 is 1.22. The second kappa shape index (κ2) is 5.67. The normalized spacial score (nSPS) is 20.8. The molecule has 0 spiro atoms. The first-order chi connectivity index (χ1) is 12.0. The summed E-state index contributed by atoms with van der Waals surface area (Å²) in [4.78, 5) is 17.8. The lowest BCUT2D eigenvalue weighted by Gasteiger charge is -2.39. The number of guanidine groups is 1. The van der Waals surface area contributed by atoms with Crippen LogP contribution in [0, 0.1) is 5.41 Å². The van der Waals surface area contributed by atoms with Crippen LogP contribution in [0.15, 0.2) is 48.1 Å². The van der Waals surface area contributed by atoms with Crippen molar-refractivity contribution in [1.29, 1.82) is 5.41 Å². The number of hydrogen-bond donors (Lipinski definition) is 2. The van der Waals surface area contributed by atoms with Crippen LogP contribution in [0.2, 0.25) is 0 Å². The Labute approximate surface area is 149 Å². The maximum atomic E-state index is 12.3. The van der Waals surface area contributed by atoms with Crippen LogP contribution in [-0.4, -0.2) is 28.8 Å². The first-order valence-corrected chi connectivity index (χ1v) is 8.91. The van der Waals surface area contributed by atoms with Crippen LogP contribution in [0.4, 0.5) is 0 Å². The quantitative estimate of drug-likeness (QED) is 0.742. The summed E-state index contributed by atoms with van der Waals surface area (Å²) in [6, 6.07) is 10.3. The minimum absolute atomic E-state index is 0.0536. The summed E-state index contributed by atoms with van der Waals surface area (Å²) in [6.45, 7) is 1.98. The lowest BCUT2D eigenvalue weighted by Crippen LogP contribution is -2.58. The van der Waals surface area contributed by atoms with E-state index >= 15 is 0 Å². The van der Waals surface area contributed by atoms with Gasteiger partial charge in [0.1, 0.15) is 0 Å². The maximum Gasteiger partial charge on any atom is 0.231 e. The first-order valence-electron chi connectivity index (χ1n) is 8.03. The Kier molecular flexibility index (Phi) is 3.58. The van der Waals surface area contributed by atoms with Crippen LogP contribution >= 0.6 is 11.3 Å². The molecular weight excluding hydrogens is 332 g/mol. The van der Waals surface area contributed by atoms with E-state index in [0.29, 0.717) is 6.42 Å². The lowest BCUT2D eigenvalue weighted by atomic mass is 9.84. The van der Waals surface area contributed by atoms with E-state index in [2.05, 4.69) is 33.9 Å². The molecule has 1 amide bonds. The van der Waals surface area contributed by atoms with Gasteiger partial charge in [-0.3, -0.25) is 20.1 Å². The second-order valence-corrected chi connectivity index (χ2v) is 7.45. The molecule has 0 radical (unpaired) electrons. The molecule has 2 N–H and O–H groups in total. The highest BCUT2D eigenvalue weighted by Crippen LogP contribution is 2.38. The number of carbonyl (C=O) groups is 1. The zero-order valence-corrected chi connectivity index (χ0v) is 14.9. The number of aromatic nitrogens is 1. The van der Waals surface area contributed by atoms with Gasteiger partial charge >= 0.3 is 0 Å². The predicted octanol–water partition coefficient (Wildman–Crippen LogP) is 3.56. The molecular formula is C19H18N4OS. The number of hydrogen-bond acceptors (Lipinski definition) is 4. The average Bonchev–Trinajstić information content (AvgIpc) is 3.08. The Balaban J connectivity index is 1.89. The number of amides is 1. The van der Waals surface area contributed by atoms with Gasteiger partial charge in [-0.05, 0) is 64.7 Å². The number of fused-ring (bicyclic) bond motifs is 1. The van der Waals surface area contributed by atoms with Crippen molar-refractivity contribution in [2.45, 2.75) is 18.9 Å². The second-order valence-electron chi connectivity index (χ2n) is 6.53. The molecule has 6 heteroatoms. The molecule has 1 fully saturated rings. The van der Waals surface area contributed by atoms with Crippen LogP contribution in [0.3, 0.4) is 0 Å². The summed E-state index contributed by atoms with van der Waals surface area (Å²) in [7, 11) is 1.63. The van der Waals surface area contributed by atoms with E-state index in [4.69, 9.17) is 5.41 Å². The highest BCUT2D eigenvalue weighted by Gasteiger charge is 2.38. The molecule has 126 valence electrons. The summed E-state index contributed by atoms with van der Waals surface area (Å²) in [5.74, 6) is 0.0803. The van der Waals surface area contributed by atoms with Crippen molar-refractivity contribution in [2.75, 3.05) is 7.05 Å². The fourth-order valence-electron chi connectivity index (χ4n) is 3.26. The molecule has 2 aromatic heterocycles. The van der Waals surface area contributed by atoms with Crippen LogP contribution in [0.1, 0.15) is 18.9 Å². The molecule has 1 aliphatic rings. The molecule has 0 unspecified atom stereocenters. The van der Waals surface area contributed by atoms with Crippen LogP contribution in [0.5, 0.6) is 0 Å². The molecule has 1 aliphatic heterocycles. The minimum Gasteiger partial charge on any atom is -0.346 e. The van der Waals surface area contributed by atoms with Gasteiger partial charge in [-0.25, -0.2) is 0 Å². The van der Waals surface area contributed by atoms with E-state index in [1.165, 1.54) is 9.60 Å². The lowest BCUT2D eigenvalue weighted by molar-refractivity contribution is -0.129. The number of carbonyl (C=O) groups excluding carboxylic acids is 1. The topological polar surface area (TPSA) is 69.1 Å². The van der Waals surface area contributed by atoms with Gasteiger partial charge in [0, 0.05) is 24.1 Å². The number of pyridine rings is 1. The van der Waals surface area contributed by atoms with Crippen molar-refractivity contribution < 1.29 is 4.79 Å². The maximum absolute atomic E-state index is 12.3. The van der Waals surface area contributed by atoms with Crippen LogP contribution in [0.25, 0.3) is 21.2 Å².